The van der Waals surface area contributed by atoms with Crippen molar-refractivity contribution in [3.05, 3.63) is 59.8 Å². The summed E-state index contributed by atoms with van der Waals surface area (Å²) in [5.74, 6) is 0.770. The molecule has 2 aromatic rings. The molecule has 1 heterocycles. The van der Waals surface area contributed by atoms with Gasteiger partial charge in [0.25, 0.3) is 0 Å². The molecule has 0 spiro atoms. The Labute approximate surface area is 159 Å². The van der Waals surface area contributed by atoms with E-state index in [4.69, 9.17) is 4.42 Å². The van der Waals surface area contributed by atoms with Crippen LogP contribution in [-0.2, 0) is 16.8 Å². The van der Waals surface area contributed by atoms with E-state index in [1.54, 1.807) is 24.5 Å². The van der Waals surface area contributed by atoms with Gasteiger partial charge in [0.1, 0.15) is 18.1 Å². The molecule has 3 N–H and O–H groups in total. The van der Waals surface area contributed by atoms with Crippen molar-refractivity contribution in [1.82, 2.24) is 16.0 Å². The second kappa shape index (κ2) is 9.75. The molecule has 2 rings (SSSR count). The van der Waals surface area contributed by atoms with Gasteiger partial charge in [-0.15, -0.1) is 0 Å². The van der Waals surface area contributed by atoms with Crippen molar-refractivity contribution < 1.29 is 13.6 Å². The van der Waals surface area contributed by atoms with E-state index in [9.17, 15) is 9.18 Å². The molecule has 0 atom stereocenters. The highest BCUT2D eigenvalue weighted by Crippen LogP contribution is 2.22. The molecule has 1 aromatic carbocycles. The van der Waals surface area contributed by atoms with Crippen LogP contribution in [0.25, 0.3) is 0 Å². The largest absolute Gasteiger partial charge is 0.467 e. The number of nitrogens with one attached hydrogen (secondary N) is 3. The van der Waals surface area contributed by atoms with Crippen molar-refractivity contribution in [3.63, 3.8) is 0 Å². The van der Waals surface area contributed by atoms with Crippen molar-refractivity contribution in [2.24, 2.45) is 4.99 Å². The number of nitrogens with zero attached hydrogens (tertiary/aromatic N) is 1. The summed E-state index contributed by atoms with van der Waals surface area (Å²) in [5.41, 5.74) is 0.585. The molecule has 0 saturated carbocycles. The van der Waals surface area contributed by atoms with E-state index >= 15 is 0 Å². The molecular formula is C20H27FN4O2. The lowest BCUT2D eigenvalue weighted by Gasteiger charge is -2.26. The molecule has 146 valence electrons. The van der Waals surface area contributed by atoms with Crippen LogP contribution >= 0.6 is 0 Å². The minimum Gasteiger partial charge on any atom is -0.467 e. The number of aliphatic imine (C=N–C) groups is 1. The quantitative estimate of drug-likeness (QED) is 0.490. The van der Waals surface area contributed by atoms with Gasteiger partial charge >= 0.3 is 0 Å². The summed E-state index contributed by atoms with van der Waals surface area (Å²) >= 11 is 0. The molecule has 0 fully saturated rings. The molecule has 0 saturated heterocycles. The average Bonchev–Trinajstić information content (AvgIpc) is 3.16. The average molecular weight is 374 g/mol. The zero-order chi connectivity index (χ0) is 19.7. The third kappa shape index (κ3) is 6.77. The second-order valence-electron chi connectivity index (χ2n) is 6.80. The lowest BCUT2D eigenvalue weighted by Crippen LogP contribution is -2.44. The van der Waals surface area contributed by atoms with Crippen LogP contribution in [-0.4, -0.2) is 31.5 Å². The minimum absolute atomic E-state index is 0.00354. The predicted octanol–water partition coefficient (Wildman–Crippen LogP) is 2.57. The Morgan fingerprint density at radius 2 is 2.00 bits per heavy atom. The molecule has 0 unspecified atom stereocenters. The van der Waals surface area contributed by atoms with Crippen LogP contribution < -0.4 is 16.0 Å². The fourth-order valence-electron chi connectivity index (χ4n) is 2.46. The number of carbonyl (C=O) groups excluding carboxylic acids is 1. The monoisotopic (exact) mass is 374 g/mol. The Kier molecular flexibility index (Phi) is 7.40. The van der Waals surface area contributed by atoms with Crippen LogP contribution in [0, 0.1) is 5.82 Å². The molecule has 6 nitrogen and oxygen atoms in total. The molecule has 1 amide bonds. The number of guanidine groups is 1. The minimum atomic E-state index is -0.306. The van der Waals surface area contributed by atoms with Crippen LogP contribution in [0.2, 0.25) is 0 Å². The number of halogens is 1. The first-order valence-electron chi connectivity index (χ1n) is 8.98. The van der Waals surface area contributed by atoms with E-state index in [1.807, 2.05) is 26.8 Å². The van der Waals surface area contributed by atoms with Gasteiger partial charge in [0.15, 0.2) is 5.96 Å². The third-order valence-electron chi connectivity index (χ3n) is 4.07. The molecule has 27 heavy (non-hydrogen) atoms. The number of hydrogen-bond acceptors (Lipinski definition) is 3. The topological polar surface area (TPSA) is 78.7 Å². The summed E-state index contributed by atoms with van der Waals surface area (Å²) in [7, 11) is 0. The fourth-order valence-corrected chi connectivity index (χ4v) is 2.46. The zero-order valence-electron chi connectivity index (χ0n) is 16.0. The third-order valence-corrected chi connectivity index (χ3v) is 4.07. The predicted molar refractivity (Wildman–Crippen MR) is 104 cm³/mol. The van der Waals surface area contributed by atoms with Gasteiger partial charge in [-0.05, 0) is 36.8 Å². The van der Waals surface area contributed by atoms with Crippen molar-refractivity contribution in [2.45, 2.75) is 32.7 Å². The van der Waals surface area contributed by atoms with E-state index in [2.05, 4.69) is 20.9 Å². The Balaban J connectivity index is 1.89. The van der Waals surface area contributed by atoms with Gasteiger partial charge < -0.3 is 20.4 Å². The molecule has 1 aromatic heterocycles. The summed E-state index contributed by atoms with van der Waals surface area (Å²) in [6.07, 6.45) is 1.56. The van der Waals surface area contributed by atoms with Crippen LogP contribution in [0.3, 0.4) is 0 Å². The second-order valence-corrected chi connectivity index (χ2v) is 6.80. The van der Waals surface area contributed by atoms with Gasteiger partial charge in [-0.1, -0.05) is 26.0 Å². The molecule has 0 bridgehead atoms. The first kappa shape index (κ1) is 20.5. The fraction of sp³-hybridized carbons (Fsp3) is 0.400. The number of amides is 1. The highest BCUT2D eigenvalue weighted by Gasteiger charge is 2.21. The van der Waals surface area contributed by atoms with Crippen molar-refractivity contribution >= 4 is 11.9 Å². The maximum Gasteiger partial charge on any atom is 0.242 e. The van der Waals surface area contributed by atoms with Gasteiger partial charge in [0, 0.05) is 18.5 Å². The van der Waals surface area contributed by atoms with E-state index in [1.165, 1.54) is 12.1 Å². The van der Waals surface area contributed by atoms with Gasteiger partial charge in [0.2, 0.25) is 5.91 Å². The molecule has 0 radical (unpaired) electrons. The van der Waals surface area contributed by atoms with E-state index in [0.29, 0.717) is 31.4 Å². The van der Waals surface area contributed by atoms with Gasteiger partial charge in [0.05, 0.1) is 12.8 Å². The maximum atomic E-state index is 13.5. The van der Waals surface area contributed by atoms with Crippen molar-refractivity contribution in [3.8, 4) is 0 Å². The van der Waals surface area contributed by atoms with Crippen molar-refractivity contribution in [1.29, 1.82) is 0 Å². The Bertz CT molecular complexity index is 757. The number of benzene rings is 1. The smallest absolute Gasteiger partial charge is 0.242 e. The lowest BCUT2D eigenvalue weighted by molar-refractivity contribution is -0.119. The number of hydrogen-bond donors (Lipinski definition) is 3. The summed E-state index contributed by atoms with van der Waals surface area (Å²) in [6.45, 7) is 7.53. The molecule has 0 aliphatic carbocycles. The highest BCUT2D eigenvalue weighted by atomic mass is 19.1. The standard InChI is InChI=1S/C20H27FN4O2/c1-4-22-19(24-13-18(26)23-12-17-9-6-10-27-17)25-14-20(2,3)15-7-5-8-16(21)11-15/h5-11H,4,12-14H2,1-3H3,(H,23,26)(H2,22,24,25). The maximum absolute atomic E-state index is 13.5. The molecular weight excluding hydrogens is 347 g/mol. The summed E-state index contributed by atoms with van der Waals surface area (Å²) in [5, 5.41) is 9.08. The van der Waals surface area contributed by atoms with Crippen LogP contribution in [0.4, 0.5) is 4.39 Å². The Morgan fingerprint density at radius 1 is 1.19 bits per heavy atom. The number of furan rings is 1. The highest BCUT2D eigenvalue weighted by molar-refractivity contribution is 5.84. The Morgan fingerprint density at radius 3 is 2.67 bits per heavy atom. The lowest BCUT2D eigenvalue weighted by atomic mass is 9.84. The SMILES string of the molecule is CCNC(=NCC(=O)NCc1ccco1)NCC(C)(C)c1cccc(F)c1. The zero-order valence-corrected chi connectivity index (χ0v) is 16.0. The summed E-state index contributed by atoms with van der Waals surface area (Å²) in [4.78, 5) is 16.3. The van der Waals surface area contributed by atoms with E-state index in [0.717, 1.165) is 5.56 Å². The van der Waals surface area contributed by atoms with Gasteiger partial charge in [-0.2, -0.15) is 0 Å². The van der Waals surface area contributed by atoms with Crippen LogP contribution in [0.5, 0.6) is 0 Å². The van der Waals surface area contributed by atoms with E-state index in [-0.39, 0.29) is 23.7 Å². The van der Waals surface area contributed by atoms with E-state index < -0.39 is 0 Å². The van der Waals surface area contributed by atoms with Gasteiger partial charge in [-0.25, -0.2) is 9.38 Å². The number of carbonyl (C=O) groups is 1. The van der Waals surface area contributed by atoms with Crippen molar-refractivity contribution in [2.75, 3.05) is 19.6 Å². The van der Waals surface area contributed by atoms with Crippen LogP contribution in [0.1, 0.15) is 32.1 Å². The van der Waals surface area contributed by atoms with Gasteiger partial charge in [-0.3, -0.25) is 4.79 Å². The molecule has 0 aliphatic rings. The normalized spacial score (nSPS) is 11.9. The first-order valence-corrected chi connectivity index (χ1v) is 8.98. The molecule has 7 heteroatoms. The Hall–Kier alpha value is -2.83. The number of rotatable bonds is 8. The first-order chi connectivity index (χ1) is 12.9. The van der Waals surface area contributed by atoms with Crippen LogP contribution in [0.15, 0.2) is 52.1 Å². The summed E-state index contributed by atoms with van der Waals surface area (Å²) in [6, 6.07) is 10.1. The molecule has 0 aliphatic heterocycles. The summed E-state index contributed by atoms with van der Waals surface area (Å²) < 4.78 is 18.7.